The highest BCUT2D eigenvalue weighted by atomic mass is 32.2. The summed E-state index contributed by atoms with van der Waals surface area (Å²) in [5.41, 5.74) is 0.894. The van der Waals surface area contributed by atoms with E-state index in [4.69, 9.17) is 0 Å². The molecule has 0 unspecified atom stereocenters. The molecule has 2 aromatic carbocycles. The Kier molecular flexibility index (Phi) is 6.68. The average Bonchev–Trinajstić information content (AvgIpc) is 3.26. The van der Waals surface area contributed by atoms with Gasteiger partial charge in [-0.25, -0.2) is 0 Å². The topological polar surface area (TPSA) is 35.6 Å². The molecule has 0 spiro atoms. The lowest BCUT2D eigenvalue weighted by Crippen LogP contribution is -2.51. The normalized spacial score (nSPS) is 19.0. The first-order valence-corrected chi connectivity index (χ1v) is 11.2. The highest BCUT2D eigenvalue weighted by molar-refractivity contribution is 7.99. The summed E-state index contributed by atoms with van der Waals surface area (Å²) in [7, 11) is 0. The Bertz CT molecular complexity index is 768. The molecule has 2 fully saturated rings. The van der Waals surface area contributed by atoms with Crippen LogP contribution in [0.5, 0.6) is 0 Å². The molecular weight excluding hydrogens is 366 g/mol. The molecule has 1 aliphatic carbocycles. The van der Waals surface area contributed by atoms with Gasteiger partial charge in [0, 0.05) is 42.0 Å². The number of anilines is 1. The van der Waals surface area contributed by atoms with Crippen LogP contribution in [0, 0.1) is 0 Å². The van der Waals surface area contributed by atoms with Crippen molar-refractivity contribution in [3.8, 4) is 0 Å². The van der Waals surface area contributed by atoms with Crippen LogP contribution in [-0.2, 0) is 4.79 Å². The summed E-state index contributed by atoms with van der Waals surface area (Å²) in [4.78, 5) is 19.8. The van der Waals surface area contributed by atoms with E-state index in [1.54, 1.807) is 11.8 Å². The van der Waals surface area contributed by atoms with Gasteiger partial charge in [-0.2, -0.15) is 0 Å². The van der Waals surface area contributed by atoms with Gasteiger partial charge in [0.1, 0.15) is 0 Å². The summed E-state index contributed by atoms with van der Waals surface area (Å²) in [5.74, 6) is 0.0791. The number of piperazine rings is 1. The zero-order valence-corrected chi connectivity index (χ0v) is 17.2. The van der Waals surface area contributed by atoms with Crippen LogP contribution in [0.15, 0.2) is 64.4 Å². The van der Waals surface area contributed by atoms with Gasteiger partial charge < -0.3 is 5.32 Å². The molecular formula is C23H29N3OS. The Hall–Kier alpha value is -1.82. The van der Waals surface area contributed by atoms with E-state index < -0.39 is 0 Å². The quantitative estimate of drug-likeness (QED) is 0.789. The molecule has 4 rings (SSSR count). The fourth-order valence-corrected chi connectivity index (χ4v) is 5.15. The number of benzene rings is 2. The smallest absolute Gasteiger partial charge is 0.238 e. The van der Waals surface area contributed by atoms with Crippen molar-refractivity contribution in [1.29, 1.82) is 0 Å². The van der Waals surface area contributed by atoms with Crippen LogP contribution >= 0.6 is 11.8 Å². The van der Waals surface area contributed by atoms with Crippen LogP contribution in [0.3, 0.4) is 0 Å². The molecule has 2 aliphatic rings. The van der Waals surface area contributed by atoms with Crippen LogP contribution in [0.1, 0.15) is 25.7 Å². The van der Waals surface area contributed by atoms with Gasteiger partial charge in [0.05, 0.1) is 12.2 Å². The SMILES string of the molecule is O=C(CN1CCN(C2CCCC2)CC1)Nc1ccccc1Sc1ccccc1. The van der Waals surface area contributed by atoms with Crippen molar-refractivity contribution in [3.63, 3.8) is 0 Å². The number of hydrogen-bond donors (Lipinski definition) is 1. The Labute approximate surface area is 172 Å². The summed E-state index contributed by atoms with van der Waals surface area (Å²) >= 11 is 1.68. The first kappa shape index (κ1) is 19.5. The van der Waals surface area contributed by atoms with Gasteiger partial charge >= 0.3 is 0 Å². The van der Waals surface area contributed by atoms with E-state index in [2.05, 4.69) is 33.3 Å². The van der Waals surface area contributed by atoms with Crippen molar-refractivity contribution >= 4 is 23.4 Å². The van der Waals surface area contributed by atoms with Crippen LogP contribution in [0.2, 0.25) is 0 Å². The predicted molar refractivity (Wildman–Crippen MR) is 116 cm³/mol. The lowest BCUT2D eigenvalue weighted by atomic mass is 10.2. The van der Waals surface area contributed by atoms with Crippen LogP contribution < -0.4 is 5.32 Å². The second kappa shape index (κ2) is 9.59. The van der Waals surface area contributed by atoms with Gasteiger partial charge in [0.25, 0.3) is 0 Å². The molecule has 5 heteroatoms. The lowest BCUT2D eigenvalue weighted by Gasteiger charge is -2.37. The molecule has 2 aromatic rings. The zero-order chi connectivity index (χ0) is 19.2. The van der Waals surface area contributed by atoms with E-state index in [0.717, 1.165) is 42.8 Å². The van der Waals surface area contributed by atoms with Crippen LogP contribution in [0.4, 0.5) is 5.69 Å². The molecule has 0 bridgehead atoms. The van der Waals surface area contributed by atoms with Gasteiger partial charge in [-0.05, 0) is 37.1 Å². The van der Waals surface area contributed by atoms with Gasteiger partial charge in [-0.3, -0.25) is 14.6 Å². The number of carbonyl (C=O) groups is 1. The zero-order valence-electron chi connectivity index (χ0n) is 16.3. The molecule has 4 nitrogen and oxygen atoms in total. The second-order valence-electron chi connectivity index (χ2n) is 7.71. The molecule has 148 valence electrons. The van der Waals surface area contributed by atoms with Gasteiger partial charge in [-0.1, -0.05) is 54.9 Å². The van der Waals surface area contributed by atoms with Crippen molar-refractivity contribution in [3.05, 3.63) is 54.6 Å². The Balaban J connectivity index is 1.29. The van der Waals surface area contributed by atoms with E-state index in [-0.39, 0.29) is 5.91 Å². The predicted octanol–water partition coefficient (Wildman–Crippen LogP) is 4.34. The van der Waals surface area contributed by atoms with Crippen molar-refractivity contribution in [2.45, 2.75) is 41.5 Å². The Morgan fingerprint density at radius 1 is 0.929 bits per heavy atom. The standard InChI is InChI=1S/C23H29N3OS/c27-23(18-25-14-16-26(17-15-25)19-8-4-5-9-19)24-21-12-6-7-13-22(21)28-20-10-2-1-3-11-20/h1-3,6-7,10-13,19H,4-5,8-9,14-18H2,(H,24,27). The minimum absolute atomic E-state index is 0.0791. The molecule has 1 N–H and O–H groups in total. The number of amides is 1. The van der Waals surface area contributed by atoms with E-state index in [1.807, 2.05) is 36.4 Å². The van der Waals surface area contributed by atoms with Crippen molar-refractivity contribution in [2.75, 3.05) is 38.0 Å². The van der Waals surface area contributed by atoms with Gasteiger partial charge in [0.2, 0.25) is 5.91 Å². The third-order valence-corrected chi connectivity index (χ3v) is 6.83. The molecule has 1 saturated heterocycles. The van der Waals surface area contributed by atoms with Crippen LogP contribution in [-0.4, -0.2) is 54.5 Å². The first-order valence-electron chi connectivity index (χ1n) is 10.4. The molecule has 28 heavy (non-hydrogen) atoms. The third kappa shape index (κ3) is 5.16. The van der Waals surface area contributed by atoms with E-state index in [9.17, 15) is 4.79 Å². The summed E-state index contributed by atoms with van der Waals surface area (Å²) in [6.07, 6.45) is 5.48. The summed E-state index contributed by atoms with van der Waals surface area (Å²) < 4.78 is 0. The van der Waals surface area contributed by atoms with E-state index >= 15 is 0 Å². The van der Waals surface area contributed by atoms with Crippen molar-refractivity contribution < 1.29 is 4.79 Å². The van der Waals surface area contributed by atoms with Crippen molar-refractivity contribution in [1.82, 2.24) is 9.80 Å². The van der Waals surface area contributed by atoms with Gasteiger partial charge in [0.15, 0.2) is 0 Å². The van der Waals surface area contributed by atoms with Crippen molar-refractivity contribution in [2.24, 2.45) is 0 Å². The fraction of sp³-hybridized carbons (Fsp3) is 0.435. The van der Waals surface area contributed by atoms with Crippen LogP contribution in [0.25, 0.3) is 0 Å². The number of carbonyl (C=O) groups excluding carboxylic acids is 1. The molecule has 1 saturated carbocycles. The maximum Gasteiger partial charge on any atom is 0.238 e. The molecule has 0 atom stereocenters. The molecule has 1 amide bonds. The molecule has 0 radical (unpaired) electrons. The van der Waals surface area contributed by atoms with E-state index in [1.165, 1.54) is 30.6 Å². The molecule has 0 aromatic heterocycles. The summed E-state index contributed by atoms with van der Waals surface area (Å²) in [6.45, 7) is 4.65. The van der Waals surface area contributed by atoms with E-state index in [0.29, 0.717) is 6.54 Å². The minimum Gasteiger partial charge on any atom is -0.324 e. The molecule has 1 aliphatic heterocycles. The number of nitrogens with zero attached hydrogens (tertiary/aromatic N) is 2. The number of hydrogen-bond acceptors (Lipinski definition) is 4. The Morgan fingerprint density at radius 3 is 2.36 bits per heavy atom. The minimum atomic E-state index is 0.0791. The average molecular weight is 396 g/mol. The van der Waals surface area contributed by atoms with Gasteiger partial charge in [-0.15, -0.1) is 0 Å². The maximum atomic E-state index is 12.6. The third-order valence-electron chi connectivity index (χ3n) is 5.75. The summed E-state index contributed by atoms with van der Waals surface area (Å²) in [6, 6.07) is 19.1. The number of para-hydroxylation sites is 1. The monoisotopic (exact) mass is 395 g/mol. The second-order valence-corrected chi connectivity index (χ2v) is 8.83. The fourth-order valence-electron chi connectivity index (χ4n) is 4.22. The number of rotatable bonds is 6. The largest absolute Gasteiger partial charge is 0.324 e. The Morgan fingerprint density at radius 2 is 1.61 bits per heavy atom. The summed E-state index contributed by atoms with van der Waals surface area (Å²) in [5, 5.41) is 3.13. The maximum absolute atomic E-state index is 12.6. The molecule has 1 heterocycles. The number of nitrogens with one attached hydrogen (secondary N) is 1. The highest BCUT2D eigenvalue weighted by Gasteiger charge is 2.26. The first-order chi connectivity index (χ1) is 13.8. The highest BCUT2D eigenvalue weighted by Crippen LogP contribution is 2.33. The lowest BCUT2D eigenvalue weighted by molar-refractivity contribution is -0.117.